The van der Waals surface area contributed by atoms with E-state index in [4.69, 9.17) is 5.11 Å². The third-order valence-electron chi connectivity index (χ3n) is 2.81. The number of halogens is 2. The van der Waals surface area contributed by atoms with E-state index in [1.807, 2.05) is 0 Å². The van der Waals surface area contributed by atoms with Gasteiger partial charge < -0.3 is 10.4 Å². The number of carbonyl (C=O) groups excluding carboxylic acids is 1. The first kappa shape index (κ1) is 16.5. The number of aliphatic carboxylic acids is 1. The van der Waals surface area contributed by atoms with Crippen molar-refractivity contribution < 1.29 is 28.4 Å². The first-order valence-electron chi connectivity index (χ1n) is 5.92. The van der Waals surface area contributed by atoms with E-state index < -0.39 is 45.6 Å². The lowest BCUT2D eigenvalue weighted by Gasteiger charge is -2.11. The standard InChI is InChI=1S/C12H12F2N2O5/c1-2-6(12(18)19)5-15-11(17)8-3-7(13)4-9(10(8)14)16(20)21/h3-4,6H,2,5H2,1H3,(H,15,17)(H,18,19). The van der Waals surface area contributed by atoms with Gasteiger partial charge in [-0.2, -0.15) is 4.39 Å². The SMILES string of the molecule is CCC(CNC(=O)c1cc(F)cc([N+](=O)[O-])c1F)C(=O)O. The predicted octanol–water partition coefficient (Wildman–Crippen LogP) is 1.71. The molecular weight excluding hydrogens is 290 g/mol. The minimum atomic E-state index is -1.47. The molecule has 0 saturated heterocycles. The third kappa shape index (κ3) is 3.94. The highest BCUT2D eigenvalue weighted by Gasteiger charge is 2.25. The zero-order chi connectivity index (χ0) is 16.2. The smallest absolute Gasteiger partial charge is 0.308 e. The summed E-state index contributed by atoms with van der Waals surface area (Å²) in [6, 6.07) is 0.873. The number of amides is 1. The lowest BCUT2D eigenvalue weighted by molar-refractivity contribution is -0.387. The Labute approximate surface area is 117 Å². The molecule has 0 saturated carbocycles. The molecule has 21 heavy (non-hydrogen) atoms. The summed E-state index contributed by atoms with van der Waals surface area (Å²) in [6.45, 7) is 1.28. The fourth-order valence-corrected chi connectivity index (χ4v) is 1.59. The number of carboxylic acid groups (broad SMARTS) is 1. The van der Waals surface area contributed by atoms with Crippen LogP contribution in [0.1, 0.15) is 23.7 Å². The average Bonchev–Trinajstić information content (AvgIpc) is 2.40. The highest BCUT2D eigenvalue weighted by Crippen LogP contribution is 2.22. The van der Waals surface area contributed by atoms with Gasteiger partial charge in [0, 0.05) is 6.54 Å². The molecule has 114 valence electrons. The van der Waals surface area contributed by atoms with Crippen LogP contribution in [0.5, 0.6) is 0 Å². The highest BCUT2D eigenvalue weighted by atomic mass is 19.1. The van der Waals surface area contributed by atoms with Crippen molar-refractivity contribution in [1.29, 1.82) is 0 Å². The van der Waals surface area contributed by atoms with E-state index in [0.29, 0.717) is 12.1 Å². The molecule has 0 aliphatic rings. The summed E-state index contributed by atoms with van der Waals surface area (Å²) in [5, 5.41) is 21.5. The number of rotatable bonds is 6. The average molecular weight is 302 g/mol. The summed E-state index contributed by atoms with van der Waals surface area (Å²) in [6.07, 6.45) is 0.224. The Balaban J connectivity index is 2.98. The summed E-state index contributed by atoms with van der Waals surface area (Å²) in [7, 11) is 0. The van der Waals surface area contributed by atoms with E-state index in [-0.39, 0.29) is 13.0 Å². The second-order valence-electron chi connectivity index (χ2n) is 4.20. The van der Waals surface area contributed by atoms with Gasteiger partial charge in [0.05, 0.1) is 22.5 Å². The Morgan fingerprint density at radius 1 is 1.43 bits per heavy atom. The Kier molecular flexibility index (Phi) is 5.28. The predicted molar refractivity (Wildman–Crippen MR) is 66.8 cm³/mol. The molecule has 1 aromatic rings. The van der Waals surface area contributed by atoms with Crippen molar-refractivity contribution in [1.82, 2.24) is 5.32 Å². The minimum absolute atomic E-state index is 0.224. The largest absolute Gasteiger partial charge is 0.481 e. The first-order chi connectivity index (χ1) is 9.77. The molecule has 0 radical (unpaired) electrons. The summed E-state index contributed by atoms with van der Waals surface area (Å²) in [5.41, 5.74) is -2.01. The number of nitrogens with one attached hydrogen (secondary N) is 1. The van der Waals surface area contributed by atoms with Gasteiger partial charge in [0.25, 0.3) is 5.91 Å². The zero-order valence-corrected chi connectivity index (χ0v) is 10.9. The van der Waals surface area contributed by atoms with Gasteiger partial charge in [0.1, 0.15) is 5.82 Å². The Bertz CT molecular complexity index is 591. The van der Waals surface area contributed by atoms with Crippen LogP contribution in [0.3, 0.4) is 0 Å². The number of carbonyl (C=O) groups is 2. The van der Waals surface area contributed by atoms with Crippen LogP contribution >= 0.6 is 0 Å². The number of nitro benzene ring substituents is 1. The molecule has 0 aliphatic heterocycles. The van der Waals surface area contributed by atoms with Gasteiger partial charge in [-0.1, -0.05) is 6.92 Å². The number of benzene rings is 1. The van der Waals surface area contributed by atoms with Gasteiger partial charge in [-0.05, 0) is 12.5 Å². The molecule has 1 unspecified atom stereocenters. The number of nitro groups is 1. The maximum atomic E-state index is 13.7. The van der Waals surface area contributed by atoms with Crippen molar-refractivity contribution in [2.75, 3.05) is 6.54 Å². The van der Waals surface area contributed by atoms with Crippen molar-refractivity contribution in [3.05, 3.63) is 39.4 Å². The van der Waals surface area contributed by atoms with Crippen LogP contribution in [-0.4, -0.2) is 28.5 Å². The molecule has 1 rings (SSSR count). The van der Waals surface area contributed by atoms with E-state index in [1.54, 1.807) is 6.92 Å². The van der Waals surface area contributed by atoms with Gasteiger partial charge in [-0.25, -0.2) is 4.39 Å². The van der Waals surface area contributed by atoms with E-state index in [2.05, 4.69) is 5.32 Å². The maximum Gasteiger partial charge on any atom is 0.308 e. The zero-order valence-electron chi connectivity index (χ0n) is 10.9. The van der Waals surface area contributed by atoms with Crippen molar-refractivity contribution in [3.8, 4) is 0 Å². The number of hydrogen-bond donors (Lipinski definition) is 2. The quantitative estimate of drug-likeness (QED) is 0.614. The molecule has 0 spiro atoms. The summed E-state index contributed by atoms with van der Waals surface area (Å²) in [5.74, 6) is -5.76. The van der Waals surface area contributed by atoms with Gasteiger partial charge in [0.2, 0.25) is 5.82 Å². The van der Waals surface area contributed by atoms with Crippen LogP contribution in [0, 0.1) is 27.7 Å². The Hall–Kier alpha value is -2.58. The molecule has 0 bridgehead atoms. The van der Waals surface area contributed by atoms with Crippen molar-refractivity contribution in [3.63, 3.8) is 0 Å². The second kappa shape index (κ2) is 6.73. The minimum Gasteiger partial charge on any atom is -0.481 e. The third-order valence-corrected chi connectivity index (χ3v) is 2.81. The Morgan fingerprint density at radius 2 is 2.05 bits per heavy atom. The van der Waals surface area contributed by atoms with Crippen LogP contribution in [0.25, 0.3) is 0 Å². The Morgan fingerprint density at radius 3 is 2.52 bits per heavy atom. The molecule has 1 aromatic carbocycles. The fraction of sp³-hybridized carbons (Fsp3) is 0.333. The van der Waals surface area contributed by atoms with Crippen LogP contribution in [0.15, 0.2) is 12.1 Å². The first-order valence-corrected chi connectivity index (χ1v) is 5.92. The number of nitrogens with zero attached hydrogens (tertiary/aromatic N) is 1. The second-order valence-corrected chi connectivity index (χ2v) is 4.20. The van der Waals surface area contributed by atoms with Crippen molar-refractivity contribution >= 4 is 17.6 Å². The maximum absolute atomic E-state index is 13.7. The van der Waals surface area contributed by atoms with Crippen LogP contribution in [-0.2, 0) is 4.79 Å². The van der Waals surface area contributed by atoms with Gasteiger partial charge >= 0.3 is 11.7 Å². The molecule has 7 nitrogen and oxygen atoms in total. The van der Waals surface area contributed by atoms with Crippen molar-refractivity contribution in [2.45, 2.75) is 13.3 Å². The number of carboxylic acids is 1. The number of hydrogen-bond acceptors (Lipinski definition) is 4. The van der Waals surface area contributed by atoms with E-state index >= 15 is 0 Å². The highest BCUT2D eigenvalue weighted by molar-refractivity contribution is 5.95. The molecule has 0 aromatic heterocycles. The van der Waals surface area contributed by atoms with Crippen LogP contribution in [0.2, 0.25) is 0 Å². The van der Waals surface area contributed by atoms with E-state index in [0.717, 1.165) is 0 Å². The van der Waals surface area contributed by atoms with Crippen LogP contribution < -0.4 is 5.32 Å². The molecule has 0 aliphatic carbocycles. The summed E-state index contributed by atoms with van der Waals surface area (Å²) in [4.78, 5) is 31.9. The molecule has 9 heteroatoms. The lowest BCUT2D eigenvalue weighted by atomic mass is 10.1. The molecule has 2 N–H and O–H groups in total. The topological polar surface area (TPSA) is 110 Å². The molecule has 1 atom stereocenters. The van der Waals surface area contributed by atoms with Gasteiger partial charge in [-0.15, -0.1) is 0 Å². The molecular formula is C12H12F2N2O5. The molecule has 0 fully saturated rings. The van der Waals surface area contributed by atoms with E-state index in [9.17, 15) is 28.5 Å². The lowest BCUT2D eigenvalue weighted by Crippen LogP contribution is -2.33. The summed E-state index contributed by atoms with van der Waals surface area (Å²) < 4.78 is 26.9. The van der Waals surface area contributed by atoms with E-state index in [1.165, 1.54) is 0 Å². The summed E-state index contributed by atoms with van der Waals surface area (Å²) >= 11 is 0. The van der Waals surface area contributed by atoms with Crippen LogP contribution in [0.4, 0.5) is 14.5 Å². The molecule has 0 heterocycles. The fourth-order valence-electron chi connectivity index (χ4n) is 1.59. The van der Waals surface area contributed by atoms with Gasteiger partial charge in [0.15, 0.2) is 0 Å². The normalized spacial score (nSPS) is 11.8. The van der Waals surface area contributed by atoms with Gasteiger partial charge in [-0.3, -0.25) is 19.7 Å². The van der Waals surface area contributed by atoms with Crippen molar-refractivity contribution in [2.24, 2.45) is 5.92 Å². The monoisotopic (exact) mass is 302 g/mol. The molecule has 1 amide bonds.